The third-order valence-electron chi connectivity index (χ3n) is 2.87. The molecule has 0 bridgehead atoms. The van der Waals surface area contributed by atoms with E-state index in [-0.39, 0.29) is 0 Å². The molecule has 0 aliphatic carbocycles. The average Bonchev–Trinajstić information content (AvgIpc) is 2.02. The zero-order valence-electron chi connectivity index (χ0n) is 8.55. The van der Waals surface area contributed by atoms with E-state index < -0.39 is 0 Å². The van der Waals surface area contributed by atoms with Gasteiger partial charge in [0.1, 0.15) is 0 Å². The molecule has 11 heavy (non-hydrogen) atoms. The average molecular weight is 174 g/mol. The van der Waals surface area contributed by atoms with Crippen molar-refractivity contribution in [3.05, 3.63) is 0 Å². The summed E-state index contributed by atoms with van der Waals surface area (Å²) in [6, 6.07) is 0. The van der Waals surface area contributed by atoms with Crippen LogP contribution in [-0.4, -0.2) is 12.0 Å². The second kappa shape index (κ2) is 5.93. The lowest BCUT2D eigenvalue weighted by Gasteiger charge is -2.24. The van der Waals surface area contributed by atoms with Gasteiger partial charge in [-0.05, 0) is 29.8 Å². The molecule has 0 amide bonds. The van der Waals surface area contributed by atoms with E-state index in [1.54, 1.807) is 0 Å². The van der Waals surface area contributed by atoms with Crippen LogP contribution in [0.15, 0.2) is 0 Å². The van der Waals surface area contributed by atoms with Crippen molar-refractivity contribution in [2.45, 2.75) is 34.1 Å². The zero-order valence-corrected chi connectivity index (χ0v) is 9.37. The summed E-state index contributed by atoms with van der Waals surface area (Å²) in [6.07, 6.45) is 3.51. The van der Waals surface area contributed by atoms with E-state index in [4.69, 9.17) is 0 Å². The minimum Gasteiger partial charge on any atom is -0.165 e. The molecular formula is C10H22S. The van der Waals surface area contributed by atoms with E-state index in [0.29, 0.717) is 0 Å². The van der Waals surface area contributed by atoms with Gasteiger partial charge in [0, 0.05) is 0 Å². The molecule has 0 spiro atoms. The van der Waals surface area contributed by atoms with Crippen molar-refractivity contribution in [3.63, 3.8) is 0 Å². The minimum absolute atomic E-state index is 0.875. The van der Waals surface area contributed by atoms with Gasteiger partial charge in [0.05, 0.1) is 0 Å². The molecule has 3 unspecified atom stereocenters. The van der Waals surface area contributed by atoms with Gasteiger partial charge in [0.2, 0.25) is 0 Å². The van der Waals surface area contributed by atoms with Crippen molar-refractivity contribution in [2.24, 2.45) is 17.8 Å². The molecule has 0 saturated heterocycles. The third kappa shape index (κ3) is 4.05. The minimum atomic E-state index is 0.875. The first-order valence-corrected chi connectivity index (χ1v) is 6.01. The Labute approximate surface area is 76.1 Å². The Kier molecular flexibility index (Phi) is 6.12. The van der Waals surface area contributed by atoms with Crippen molar-refractivity contribution < 1.29 is 0 Å². The molecule has 3 atom stereocenters. The molecule has 68 valence electrons. The van der Waals surface area contributed by atoms with Gasteiger partial charge in [0.25, 0.3) is 0 Å². The molecule has 0 aromatic rings. The predicted octanol–water partition coefficient (Wildman–Crippen LogP) is 3.67. The zero-order chi connectivity index (χ0) is 8.85. The van der Waals surface area contributed by atoms with Crippen LogP contribution in [0.3, 0.4) is 0 Å². The number of hydrogen-bond acceptors (Lipinski definition) is 1. The van der Waals surface area contributed by atoms with Crippen LogP contribution in [0.1, 0.15) is 34.1 Å². The second-order valence-electron chi connectivity index (χ2n) is 3.68. The molecule has 0 radical (unpaired) electrons. The van der Waals surface area contributed by atoms with Crippen LogP contribution < -0.4 is 0 Å². The summed E-state index contributed by atoms with van der Waals surface area (Å²) in [7, 11) is 0. The lowest BCUT2D eigenvalue weighted by Crippen LogP contribution is -2.17. The van der Waals surface area contributed by atoms with Gasteiger partial charge in [-0.25, -0.2) is 0 Å². The maximum atomic E-state index is 2.38. The highest BCUT2D eigenvalue weighted by atomic mass is 32.2. The first kappa shape index (κ1) is 11.4. The Morgan fingerprint density at radius 2 is 1.64 bits per heavy atom. The standard InChI is InChI=1S/C10H22S/c1-6-8(2)10(4)9(3)7-11-5/h8-10H,6-7H2,1-5H3. The van der Waals surface area contributed by atoms with Crippen molar-refractivity contribution in [2.75, 3.05) is 12.0 Å². The van der Waals surface area contributed by atoms with Crippen LogP contribution in [-0.2, 0) is 0 Å². The Balaban J connectivity index is 3.70. The predicted molar refractivity (Wildman–Crippen MR) is 56.2 cm³/mol. The van der Waals surface area contributed by atoms with Gasteiger partial charge in [-0.3, -0.25) is 0 Å². The van der Waals surface area contributed by atoms with Crippen LogP contribution in [0.2, 0.25) is 0 Å². The molecule has 0 nitrogen and oxygen atoms in total. The summed E-state index contributed by atoms with van der Waals surface area (Å²) in [5.74, 6) is 3.95. The van der Waals surface area contributed by atoms with Gasteiger partial charge in [0.15, 0.2) is 0 Å². The molecule has 0 aliphatic rings. The topological polar surface area (TPSA) is 0 Å². The first-order valence-electron chi connectivity index (χ1n) is 4.62. The summed E-state index contributed by atoms with van der Waals surface area (Å²) in [5.41, 5.74) is 0. The highest BCUT2D eigenvalue weighted by Gasteiger charge is 2.16. The van der Waals surface area contributed by atoms with Gasteiger partial charge in [-0.1, -0.05) is 34.1 Å². The van der Waals surface area contributed by atoms with Gasteiger partial charge >= 0.3 is 0 Å². The Morgan fingerprint density at radius 1 is 1.09 bits per heavy atom. The van der Waals surface area contributed by atoms with Crippen LogP contribution in [0.25, 0.3) is 0 Å². The quantitative estimate of drug-likeness (QED) is 0.613. The molecule has 1 heteroatoms. The Hall–Kier alpha value is 0.350. The summed E-state index contributed by atoms with van der Waals surface area (Å²) in [5, 5.41) is 0. The lowest BCUT2D eigenvalue weighted by atomic mass is 9.85. The maximum Gasteiger partial charge on any atom is -0.00419 e. The van der Waals surface area contributed by atoms with Gasteiger partial charge in [-0.15, -0.1) is 0 Å². The normalized spacial score (nSPS) is 19.4. The summed E-state index contributed by atoms with van der Waals surface area (Å²) in [4.78, 5) is 0. The molecule has 0 aromatic heterocycles. The fraction of sp³-hybridized carbons (Fsp3) is 1.00. The molecular weight excluding hydrogens is 152 g/mol. The molecule has 0 heterocycles. The van der Waals surface area contributed by atoms with E-state index in [0.717, 1.165) is 17.8 Å². The smallest absolute Gasteiger partial charge is 0.00419 e. The fourth-order valence-corrected chi connectivity index (χ4v) is 2.18. The van der Waals surface area contributed by atoms with Crippen LogP contribution in [0, 0.1) is 17.8 Å². The molecule has 0 fully saturated rings. The summed E-state index contributed by atoms with van der Waals surface area (Å²) in [6.45, 7) is 9.40. The van der Waals surface area contributed by atoms with E-state index in [1.807, 2.05) is 11.8 Å². The van der Waals surface area contributed by atoms with Crippen molar-refractivity contribution >= 4 is 11.8 Å². The van der Waals surface area contributed by atoms with E-state index in [9.17, 15) is 0 Å². The molecule has 0 aromatic carbocycles. The van der Waals surface area contributed by atoms with Crippen LogP contribution in [0.4, 0.5) is 0 Å². The van der Waals surface area contributed by atoms with Crippen molar-refractivity contribution in [3.8, 4) is 0 Å². The Bertz CT molecular complexity index is 90.9. The summed E-state index contributed by atoms with van der Waals surface area (Å²) < 4.78 is 0. The highest BCUT2D eigenvalue weighted by molar-refractivity contribution is 7.98. The monoisotopic (exact) mass is 174 g/mol. The molecule has 0 rings (SSSR count). The SMILES string of the molecule is CCC(C)C(C)C(C)CSC. The molecule has 0 N–H and O–H groups in total. The molecule has 0 saturated carbocycles. The highest BCUT2D eigenvalue weighted by Crippen LogP contribution is 2.24. The summed E-state index contributed by atoms with van der Waals surface area (Å²) >= 11 is 1.97. The molecule has 0 aliphatic heterocycles. The first-order chi connectivity index (χ1) is 5.13. The Morgan fingerprint density at radius 3 is 2.00 bits per heavy atom. The van der Waals surface area contributed by atoms with Gasteiger partial charge < -0.3 is 0 Å². The lowest BCUT2D eigenvalue weighted by molar-refractivity contribution is 0.293. The largest absolute Gasteiger partial charge is 0.165 e. The van der Waals surface area contributed by atoms with E-state index in [1.165, 1.54) is 12.2 Å². The number of rotatable bonds is 5. The number of hydrogen-bond donors (Lipinski definition) is 0. The van der Waals surface area contributed by atoms with Crippen molar-refractivity contribution in [1.29, 1.82) is 0 Å². The van der Waals surface area contributed by atoms with E-state index >= 15 is 0 Å². The van der Waals surface area contributed by atoms with Crippen LogP contribution in [0.5, 0.6) is 0 Å². The third-order valence-corrected chi connectivity index (χ3v) is 3.73. The van der Waals surface area contributed by atoms with Crippen LogP contribution >= 0.6 is 11.8 Å². The van der Waals surface area contributed by atoms with E-state index in [2.05, 4.69) is 34.0 Å². The van der Waals surface area contributed by atoms with Gasteiger partial charge in [-0.2, -0.15) is 11.8 Å². The van der Waals surface area contributed by atoms with Crippen molar-refractivity contribution in [1.82, 2.24) is 0 Å². The fourth-order valence-electron chi connectivity index (χ4n) is 1.35. The number of thioether (sulfide) groups is 1. The maximum absolute atomic E-state index is 2.38. The second-order valence-corrected chi connectivity index (χ2v) is 4.59.